The van der Waals surface area contributed by atoms with Crippen molar-refractivity contribution in [1.82, 2.24) is 19.8 Å². The number of carbonyl (C=O) groups excluding carboxylic acids is 1. The normalized spacial score (nSPS) is 17.5. The summed E-state index contributed by atoms with van der Waals surface area (Å²) in [6.45, 7) is 2.06. The SMILES string of the molecule is COc1ccc(CN(c2ccncn2)S(=O)(=O)c2cc(Cl)c(NC3CC[C@H](c4cccc(C)c4)C[C@@H]3N(C)C(=O)CN(C)C)cc2F)c(OC)c1. The number of hydrogen-bond acceptors (Lipinski definition) is 9. The van der Waals surface area contributed by atoms with Crippen LogP contribution in [0.15, 0.2) is 78.1 Å². The molecule has 1 N–H and O–H groups in total. The molecule has 1 unspecified atom stereocenters. The fraction of sp³-hybridized carbons (Fsp3) is 0.378. The van der Waals surface area contributed by atoms with Crippen LogP contribution in [-0.4, -0.2) is 88.1 Å². The van der Waals surface area contributed by atoms with Crippen molar-refractivity contribution in [3.05, 3.63) is 101 Å². The molecule has 1 saturated carbocycles. The summed E-state index contributed by atoms with van der Waals surface area (Å²) in [6, 6.07) is 16.5. The Kier molecular flexibility index (Phi) is 12.0. The van der Waals surface area contributed by atoms with Crippen molar-refractivity contribution in [2.24, 2.45) is 0 Å². The Morgan fingerprint density at radius 1 is 1.04 bits per heavy atom. The molecule has 1 aliphatic carbocycles. The van der Waals surface area contributed by atoms with Crippen molar-refractivity contribution < 1.29 is 27.1 Å². The summed E-state index contributed by atoms with van der Waals surface area (Å²) < 4.78 is 56.4. The number of aromatic nitrogens is 2. The van der Waals surface area contributed by atoms with Crippen molar-refractivity contribution >= 4 is 39.0 Å². The highest BCUT2D eigenvalue weighted by Crippen LogP contribution is 2.39. The average Bonchev–Trinajstić information content (AvgIpc) is 3.11. The van der Waals surface area contributed by atoms with Gasteiger partial charge < -0.3 is 24.6 Å². The number of hydrogen-bond donors (Lipinski definition) is 1. The molecule has 3 atom stereocenters. The first kappa shape index (κ1) is 37.8. The molecule has 1 heterocycles. The van der Waals surface area contributed by atoms with Gasteiger partial charge in [0.1, 0.15) is 34.4 Å². The summed E-state index contributed by atoms with van der Waals surface area (Å²) in [7, 11) is 3.88. The molecule has 0 bridgehead atoms. The molecule has 5 rings (SSSR count). The molecule has 1 aromatic heterocycles. The van der Waals surface area contributed by atoms with Crippen LogP contribution in [0.2, 0.25) is 5.02 Å². The number of halogens is 2. The van der Waals surface area contributed by atoms with Crippen LogP contribution in [0.25, 0.3) is 0 Å². The number of amides is 1. The zero-order valence-electron chi connectivity index (χ0n) is 29.6. The highest BCUT2D eigenvalue weighted by Gasteiger charge is 2.37. The number of sulfonamides is 1. The van der Waals surface area contributed by atoms with E-state index in [2.05, 4.69) is 40.4 Å². The number of carbonyl (C=O) groups is 1. The molecule has 14 heteroatoms. The van der Waals surface area contributed by atoms with Crippen molar-refractivity contribution in [3.8, 4) is 11.5 Å². The first-order valence-corrected chi connectivity index (χ1v) is 18.4. The van der Waals surface area contributed by atoms with Gasteiger partial charge in [0, 0.05) is 37.0 Å². The maximum absolute atomic E-state index is 16.1. The van der Waals surface area contributed by atoms with Crippen LogP contribution in [-0.2, 0) is 21.4 Å². The molecule has 1 aliphatic rings. The van der Waals surface area contributed by atoms with Crippen LogP contribution in [0, 0.1) is 12.7 Å². The molecule has 0 spiro atoms. The molecule has 11 nitrogen and oxygen atoms in total. The Balaban J connectivity index is 1.46. The standard InChI is InChI=1S/C37H44ClFN6O5S/c1-24-8-7-9-25(16-24)26-11-13-31(33(17-26)44(4)37(46)22-43(2)3)42-32-20-30(39)35(19-29(32)38)51(47,48)45(36-14-15-40-23-41-36)21-27-10-12-28(49-5)18-34(27)50-6/h7-10,12,14-16,18-20,23,26,31,33,42H,11,13,17,21-22H2,1-6H3/t26-,31?,33-/m0/s1. The lowest BCUT2D eigenvalue weighted by Gasteiger charge is -2.42. The molecule has 0 aliphatic heterocycles. The minimum absolute atomic E-state index is 0.0152. The third kappa shape index (κ3) is 8.71. The van der Waals surface area contributed by atoms with E-state index in [-0.39, 0.29) is 53.5 Å². The van der Waals surface area contributed by atoms with Gasteiger partial charge in [-0.1, -0.05) is 41.4 Å². The molecular formula is C37H44ClFN6O5S. The number of ether oxygens (including phenoxy) is 2. The summed E-state index contributed by atoms with van der Waals surface area (Å²) in [5.74, 6) is 0.108. The Labute approximate surface area is 304 Å². The van der Waals surface area contributed by atoms with E-state index in [4.69, 9.17) is 21.1 Å². The lowest BCUT2D eigenvalue weighted by molar-refractivity contribution is -0.133. The van der Waals surface area contributed by atoms with E-state index in [1.165, 1.54) is 43.9 Å². The van der Waals surface area contributed by atoms with E-state index in [1.807, 2.05) is 25.1 Å². The van der Waals surface area contributed by atoms with Gasteiger partial charge in [-0.2, -0.15) is 0 Å². The van der Waals surface area contributed by atoms with E-state index in [0.717, 1.165) is 22.9 Å². The first-order chi connectivity index (χ1) is 24.3. The minimum Gasteiger partial charge on any atom is -0.497 e. The molecule has 0 saturated heterocycles. The van der Waals surface area contributed by atoms with Gasteiger partial charge in [-0.3, -0.25) is 4.79 Å². The number of likely N-dealkylation sites (N-methyl/N-ethyl adjacent to an activating group) is 2. The predicted octanol–water partition coefficient (Wildman–Crippen LogP) is 6.13. The summed E-state index contributed by atoms with van der Waals surface area (Å²) in [5, 5.41) is 3.40. The summed E-state index contributed by atoms with van der Waals surface area (Å²) >= 11 is 6.76. The topological polar surface area (TPSA) is 117 Å². The van der Waals surface area contributed by atoms with Gasteiger partial charge in [-0.25, -0.2) is 27.1 Å². The zero-order chi connectivity index (χ0) is 36.9. The smallest absolute Gasteiger partial charge is 0.268 e. The van der Waals surface area contributed by atoms with E-state index in [0.29, 0.717) is 29.9 Å². The summed E-state index contributed by atoms with van der Waals surface area (Å²) in [4.78, 5) is 24.3. The van der Waals surface area contributed by atoms with Gasteiger partial charge in [0.25, 0.3) is 10.0 Å². The molecule has 272 valence electrons. The second kappa shape index (κ2) is 16.3. The molecular weight excluding hydrogens is 695 g/mol. The molecule has 4 aromatic rings. The Morgan fingerprint density at radius 3 is 2.49 bits per heavy atom. The Morgan fingerprint density at radius 2 is 1.82 bits per heavy atom. The van der Waals surface area contributed by atoms with Crippen molar-refractivity contribution in [2.45, 2.75) is 55.6 Å². The highest BCUT2D eigenvalue weighted by molar-refractivity contribution is 7.92. The van der Waals surface area contributed by atoms with E-state index in [1.54, 1.807) is 30.1 Å². The number of aryl methyl sites for hydroxylation is 1. The maximum atomic E-state index is 16.1. The number of nitrogens with zero attached hydrogens (tertiary/aromatic N) is 5. The highest BCUT2D eigenvalue weighted by atomic mass is 35.5. The van der Waals surface area contributed by atoms with Gasteiger partial charge in [-0.05, 0) is 76.0 Å². The monoisotopic (exact) mass is 738 g/mol. The quantitative estimate of drug-likeness (QED) is 0.173. The number of methoxy groups -OCH3 is 2. The van der Waals surface area contributed by atoms with Gasteiger partial charge >= 0.3 is 0 Å². The van der Waals surface area contributed by atoms with Crippen molar-refractivity contribution in [3.63, 3.8) is 0 Å². The van der Waals surface area contributed by atoms with Gasteiger partial charge in [0.05, 0.1) is 44.1 Å². The number of rotatable bonds is 13. The fourth-order valence-corrected chi connectivity index (χ4v) is 8.31. The number of benzene rings is 3. The van der Waals surface area contributed by atoms with Crippen LogP contribution in [0.1, 0.15) is 41.9 Å². The fourth-order valence-electron chi connectivity index (χ4n) is 6.55. The van der Waals surface area contributed by atoms with Crippen LogP contribution < -0.4 is 19.1 Å². The van der Waals surface area contributed by atoms with Gasteiger partial charge in [0.2, 0.25) is 5.91 Å². The molecule has 0 radical (unpaired) electrons. The summed E-state index contributed by atoms with van der Waals surface area (Å²) in [5.41, 5.74) is 3.10. The lowest BCUT2D eigenvalue weighted by Crippen LogP contribution is -2.52. The number of nitrogens with one attached hydrogen (secondary N) is 1. The average molecular weight is 739 g/mol. The van der Waals surface area contributed by atoms with Crippen LogP contribution in [0.4, 0.5) is 15.9 Å². The second-order valence-corrected chi connectivity index (χ2v) is 15.2. The van der Waals surface area contributed by atoms with Gasteiger partial charge in [-0.15, -0.1) is 0 Å². The molecule has 51 heavy (non-hydrogen) atoms. The van der Waals surface area contributed by atoms with E-state index < -0.39 is 20.7 Å². The van der Waals surface area contributed by atoms with Crippen LogP contribution in [0.3, 0.4) is 0 Å². The Bertz CT molecular complexity index is 1950. The zero-order valence-corrected chi connectivity index (χ0v) is 31.2. The molecule has 3 aromatic carbocycles. The largest absolute Gasteiger partial charge is 0.497 e. The van der Waals surface area contributed by atoms with Gasteiger partial charge in [0.15, 0.2) is 0 Å². The summed E-state index contributed by atoms with van der Waals surface area (Å²) in [6.07, 6.45) is 4.81. The predicted molar refractivity (Wildman–Crippen MR) is 197 cm³/mol. The van der Waals surface area contributed by atoms with E-state index >= 15 is 4.39 Å². The number of anilines is 2. The van der Waals surface area contributed by atoms with Crippen LogP contribution >= 0.6 is 11.6 Å². The minimum atomic E-state index is -4.57. The van der Waals surface area contributed by atoms with Crippen molar-refractivity contribution in [1.29, 1.82) is 0 Å². The first-order valence-electron chi connectivity index (χ1n) is 16.5. The third-order valence-corrected chi connectivity index (χ3v) is 11.3. The maximum Gasteiger partial charge on any atom is 0.268 e. The van der Waals surface area contributed by atoms with E-state index in [9.17, 15) is 13.2 Å². The third-order valence-electron chi connectivity index (χ3n) is 9.23. The molecule has 1 fully saturated rings. The second-order valence-electron chi connectivity index (χ2n) is 13.0. The Hall–Kier alpha value is -4.46. The van der Waals surface area contributed by atoms with Crippen LogP contribution in [0.5, 0.6) is 11.5 Å². The van der Waals surface area contributed by atoms with Crippen molar-refractivity contribution in [2.75, 3.05) is 51.5 Å². The lowest BCUT2D eigenvalue weighted by atomic mass is 9.77. The molecule has 1 amide bonds.